The quantitative estimate of drug-likeness (QED) is 0.445. The lowest BCUT2D eigenvalue weighted by Crippen LogP contribution is -2.44. The third-order valence-electron chi connectivity index (χ3n) is 4.03. The molecule has 1 amide bonds. The lowest BCUT2D eigenvalue weighted by Gasteiger charge is -2.16. The van der Waals surface area contributed by atoms with Crippen molar-refractivity contribution in [2.24, 2.45) is 0 Å². The first-order valence-electron chi connectivity index (χ1n) is 8.45. The Bertz CT molecular complexity index is 1020. The van der Waals surface area contributed by atoms with Gasteiger partial charge in [-0.25, -0.2) is 8.42 Å². The monoisotopic (exact) mass is 404 g/mol. The topological polar surface area (TPSA) is 86.7 Å². The average Bonchev–Trinajstić information content (AvgIpc) is 3.09. The van der Waals surface area contributed by atoms with Crippen LogP contribution >= 0.6 is 11.3 Å². The van der Waals surface area contributed by atoms with Gasteiger partial charge in [0.1, 0.15) is 0 Å². The van der Waals surface area contributed by atoms with Crippen molar-refractivity contribution < 1.29 is 18.4 Å². The molecule has 0 radical (unpaired) electrons. The third-order valence-corrected chi connectivity index (χ3v) is 6.10. The summed E-state index contributed by atoms with van der Waals surface area (Å²) in [5.41, 5.74) is 1.66. The van der Waals surface area contributed by atoms with Gasteiger partial charge in [0.05, 0.1) is 5.75 Å². The van der Waals surface area contributed by atoms with E-state index in [1.165, 1.54) is 0 Å². The molecule has 0 bridgehead atoms. The van der Waals surface area contributed by atoms with Crippen LogP contribution in [0.1, 0.15) is 24.0 Å². The van der Waals surface area contributed by atoms with Gasteiger partial charge in [-0.3, -0.25) is 10.0 Å². The number of aryl methyl sites for hydroxylation is 1. The maximum atomic E-state index is 12.2. The SMILES string of the molecule is O=C(CCCc1ccccc1)N(O)NS(=O)(=O)Cc1ccc2sccc2c1. The largest absolute Gasteiger partial charge is 0.271 e. The highest BCUT2D eigenvalue weighted by Crippen LogP contribution is 2.22. The van der Waals surface area contributed by atoms with Gasteiger partial charge < -0.3 is 0 Å². The molecule has 3 rings (SSSR count). The first kappa shape index (κ1) is 19.5. The molecule has 3 aromatic rings. The van der Waals surface area contributed by atoms with E-state index >= 15 is 0 Å². The Hall–Kier alpha value is -2.26. The molecule has 2 aromatic carbocycles. The predicted molar refractivity (Wildman–Crippen MR) is 106 cm³/mol. The van der Waals surface area contributed by atoms with Gasteiger partial charge in [-0.15, -0.1) is 16.5 Å². The van der Waals surface area contributed by atoms with Gasteiger partial charge in [0, 0.05) is 11.1 Å². The third kappa shape index (κ3) is 5.61. The molecule has 6 nitrogen and oxygen atoms in total. The fraction of sp³-hybridized carbons (Fsp3) is 0.211. The summed E-state index contributed by atoms with van der Waals surface area (Å²) in [6.45, 7) is 0. The van der Waals surface area contributed by atoms with Crippen molar-refractivity contribution in [2.45, 2.75) is 25.0 Å². The van der Waals surface area contributed by atoms with Gasteiger partial charge in [-0.1, -0.05) is 41.2 Å². The molecule has 0 unspecified atom stereocenters. The summed E-state index contributed by atoms with van der Waals surface area (Å²) in [5, 5.41) is 12.7. The Morgan fingerprint density at radius 1 is 1.07 bits per heavy atom. The predicted octanol–water partition coefficient (Wildman–Crippen LogP) is 3.48. The van der Waals surface area contributed by atoms with Crippen LogP contribution in [0.5, 0.6) is 0 Å². The van der Waals surface area contributed by atoms with Crippen LogP contribution in [0, 0.1) is 0 Å². The van der Waals surface area contributed by atoms with Crippen LogP contribution in [0.4, 0.5) is 0 Å². The number of carbonyl (C=O) groups excluding carboxylic acids is 1. The molecule has 27 heavy (non-hydrogen) atoms. The molecule has 0 saturated carbocycles. The van der Waals surface area contributed by atoms with Crippen LogP contribution < -0.4 is 4.83 Å². The highest BCUT2D eigenvalue weighted by molar-refractivity contribution is 7.88. The number of amides is 1. The highest BCUT2D eigenvalue weighted by Gasteiger charge is 2.19. The van der Waals surface area contributed by atoms with Crippen LogP contribution in [0.25, 0.3) is 10.1 Å². The Morgan fingerprint density at radius 3 is 2.63 bits per heavy atom. The summed E-state index contributed by atoms with van der Waals surface area (Å²) in [4.78, 5) is 13.9. The number of nitrogens with zero attached hydrogens (tertiary/aromatic N) is 1. The van der Waals surface area contributed by atoms with E-state index in [1.807, 2.05) is 52.7 Å². The summed E-state index contributed by atoms with van der Waals surface area (Å²) < 4.78 is 25.5. The number of sulfonamides is 1. The Morgan fingerprint density at radius 2 is 1.85 bits per heavy atom. The summed E-state index contributed by atoms with van der Waals surface area (Å²) in [6, 6.07) is 16.9. The molecular formula is C19H20N2O4S2. The minimum absolute atomic E-state index is 0.0365. The Labute approximate surface area is 162 Å². The molecule has 0 aliphatic rings. The number of hydrogen-bond donors (Lipinski definition) is 2. The van der Waals surface area contributed by atoms with E-state index in [-0.39, 0.29) is 17.3 Å². The lowest BCUT2D eigenvalue weighted by atomic mass is 10.1. The number of nitrogens with one attached hydrogen (secondary N) is 1. The van der Waals surface area contributed by atoms with Gasteiger partial charge in [0.15, 0.2) is 0 Å². The van der Waals surface area contributed by atoms with Crippen LogP contribution in [-0.2, 0) is 27.0 Å². The van der Waals surface area contributed by atoms with Crippen molar-refractivity contribution in [3.63, 3.8) is 0 Å². The Balaban J connectivity index is 1.51. The molecule has 8 heteroatoms. The maximum Gasteiger partial charge on any atom is 0.262 e. The van der Waals surface area contributed by atoms with Gasteiger partial charge in [0.25, 0.3) is 5.91 Å². The van der Waals surface area contributed by atoms with E-state index in [0.717, 1.165) is 15.6 Å². The number of hydrazine groups is 1. The number of fused-ring (bicyclic) bond motifs is 1. The number of hydrogen-bond acceptors (Lipinski definition) is 5. The average molecular weight is 405 g/mol. The highest BCUT2D eigenvalue weighted by atomic mass is 32.2. The van der Waals surface area contributed by atoms with Gasteiger partial charge in [-0.2, -0.15) is 0 Å². The molecule has 0 aliphatic carbocycles. The summed E-state index contributed by atoms with van der Waals surface area (Å²) >= 11 is 1.58. The van der Waals surface area contributed by atoms with Crippen molar-refractivity contribution in [3.05, 3.63) is 71.1 Å². The minimum atomic E-state index is -3.90. The smallest absolute Gasteiger partial charge is 0.262 e. The number of carbonyl (C=O) groups is 1. The van der Waals surface area contributed by atoms with Crippen molar-refractivity contribution in [3.8, 4) is 0 Å². The zero-order chi connectivity index (χ0) is 19.3. The molecule has 142 valence electrons. The molecule has 0 fully saturated rings. The van der Waals surface area contributed by atoms with E-state index in [2.05, 4.69) is 0 Å². The van der Waals surface area contributed by atoms with Crippen molar-refractivity contribution in [1.82, 2.24) is 10.0 Å². The zero-order valence-corrected chi connectivity index (χ0v) is 16.2. The number of rotatable bonds is 8. The van der Waals surface area contributed by atoms with Crippen molar-refractivity contribution in [1.29, 1.82) is 0 Å². The minimum Gasteiger partial charge on any atom is -0.271 e. The van der Waals surface area contributed by atoms with Crippen LogP contribution in [-0.4, -0.2) is 24.7 Å². The molecule has 1 heterocycles. The number of hydroxylamine groups is 1. The molecule has 0 aliphatic heterocycles. The van der Waals surface area contributed by atoms with Crippen molar-refractivity contribution >= 4 is 37.4 Å². The van der Waals surface area contributed by atoms with Gasteiger partial charge in [-0.05, 0) is 52.9 Å². The molecular weight excluding hydrogens is 384 g/mol. The standard InChI is InChI=1S/C19H20N2O4S2/c22-19(8-4-7-15-5-2-1-3-6-15)21(23)20-27(24,25)14-16-9-10-18-17(13-16)11-12-26-18/h1-3,5-6,9-13,20,23H,4,7-8,14H2. The van der Waals surface area contributed by atoms with Crippen LogP contribution in [0.15, 0.2) is 60.0 Å². The first-order chi connectivity index (χ1) is 12.9. The fourth-order valence-electron chi connectivity index (χ4n) is 2.73. The fourth-order valence-corrected chi connectivity index (χ4v) is 4.55. The van der Waals surface area contributed by atoms with E-state index < -0.39 is 15.9 Å². The summed E-state index contributed by atoms with van der Waals surface area (Å²) in [5.74, 6) is -1.02. The normalized spacial score (nSPS) is 11.6. The Kier molecular flexibility index (Phi) is 6.22. The van der Waals surface area contributed by atoms with Gasteiger partial charge in [0.2, 0.25) is 10.0 Å². The zero-order valence-electron chi connectivity index (χ0n) is 14.5. The van der Waals surface area contributed by atoms with E-state index in [4.69, 9.17) is 0 Å². The van der Waals surface area contributed by atoms with E-state index in [0.29, 0.717) is 18.4 Å². The molecule has 2 N–H and O–H groups in total. The van der Waals surface area contributed by atoms with E-state index in [9.17, 15) is 18.4 Å². The maximum absolute atomic E-state index is 12.2. The summed E-state index contributed by atoms with van der Waals surface area (Å²) in [7, 11) is -3.90. The van der Waals surface area contributed by atoms with E-state index in [1.54, 1.807) is 23.5 Å². The van der Waals surface area contributed by atoms with Crippen LogP contribution in [0.3, 0.4) is 0 Å². The molecule has 1 aromatic heterocycles. The van der Waals surface area contributed by atoms with Crippen LogP contribution in [0.2, 0.25) is 0 Å². The molecule has 0 spiro atoms. The number of thiophene rings is 1. The summed E-state index contributed by atoms with van der Waals surface area (Å²) in [6.07, 6.45) is 1.22. The van der Waals surface area contributed by atoms with Crippen molar-refractivity contribution in [2.75, 3.05) is 0 Å². The lowest BCUT2D eigenvalue weighted by molar-refractivity contribution is -0.172. The molecule has 0 atom stereocenters. The second-order valence-electron chi connectivity index (χ2n) is 6.19. The van der Waals surface area contributed by atoms with Gasteiger partial charge >= 0.3 is 0 Å². The molecule has 0 saturated heterocycles. The second kappa shape index (κ2) is 8.62. The first-order valence-corrected chi connectivity index (χ1v) is 11.0. The number of benzene rings is 2. The second-order valence-corrected chi connectivity index (χ2v) is 8.84.